The fraction of sp³-hybridized carbons (Fsp3) is 0.167. The van der Waals surface area contributed by atoms with Crippen LogP contribution in [0.2, 0.25) is 0 Å². The number of hydrogen-bond donors (Lipinski definition) is 1. The lowest BCUT2D eigenvalue weighted by atomic mass is 10.1. The second kappa shape index (κ2) is 10.8. The minimum absolute atomic E-state index is 0.171. The molecule has 0 fully saturated rings. The standard InChI is InChI=1S/C24H22FN5O2S/c1-32-14-13-27-23(31)19-9-3-2-7-18(19)16-33-24-29-28-22(17-8-6-12-26-15-17)30(24)21-11-5-4-10-20(21)25/h2-12,15H,13-14,16H2,1H3,(H,27,31). The lowest BCUT2D eigenvalue weighted by Crippen LogP contribution is -2.27. The van der Waals surface area contributed by atoms with Gasteiger partial charge in [0.15, 0.2) is 11.0 Å². The van der Waals surface area contributed by atoms with Crippen molar-refractivity contribution < 1.29 is 13.9 Å². The third kappa shape index (κ3) is 5.27. The minimum Gasteiger partial charge on any atom is -0.383 e. The van der Waals surface area contributed by atoms with Gasteiger partial charge in [-0.3, -0.25) is 14.3 Å². The number of ether oxygens (including phenoxy) is 1. The van der Waals surface area contributed by atoms with Gasteiger partial charge in [-0.05, 0) is 35.9 Å². The van der Waals surface area contributed by atoms with Crippen LogP contribution < -0.4 is 5.32 Å². The first kappa shape index (κ1) is 22.6. The van der Waals surface area contributed by atoms with E-state index in [1.165, 1.54) is 17.8 Å². The number of nitrogens with one attached hydrogen (secondary N) is 1. The normalized spacial score (nSPS) is 10.8. The zero-order valence-electron chi connectivity index (χ0n) is 17.9. The van der Waals surface area contributed by atoms with E-state index in [2.05, 4.69) is 20.5 Å². The number of rotatable bonds is 9. The van der Waals surface area contributed by atoms with Crippen LogP contribution in [-0.4, -0.2) is 45.9 Å². The van der Waals surface area contributed by atoms with Gasteiger partial charge < -0.3 is 10.1 Å². The van der Waals surface area contributed by atoms with Gasteiger partial charge in [0.2, 0.25) is 0 Å². The van der Waals surface area contributed by atoms with Crippen LogP contribution in [0.4, 0.5) is 4.39 Å². The van der Waals surface area contributed by atoms with Crippen LogP contribution in [0, 0.1) is 5.82 Å². The monoisotopic (exact) mass is 463 g/mol. The van der Waals surface area contributed by atoms with Gasteiger partial charge in [0.1, 0.15) is 5.82 Å². The van der Waals surface area contributed by atoms with Crippen molar-refractivity contribution in [1.82, 2.24) is 25.1 Å². The predicted octanol–water partition coefficient (Wildman–Crippen LogP) is 4.14. The van der Waals surface area contributed by atoms with Crippen molar-refractivity contribution in [1.29, 1.82) is 0 Å². The van der Waals surface area contributed by atoms with Crippen LogP contribution in [0.1, 0.15) is 15.9 Å². The lowest BCUT2D eigenvalue weighted by molar-refractivity contribution is 0.0936. The molecule has 0 aliphatic carbocycles. The van der Waals surface area contributed by atoms with Crippen LogP contribution in [0.3, 0.4) is 0 Å². The molecule has 1 amide bonds. The van der Waals surface area contributed by atoms with Crippen molar-refractivity contribution in [3.63, 3.8) is 0 Å². The minimum atomic E-state index is -0.387. The van der Waals surface area contributed by atoms with Gasteiger partial charge in [-0.2, -0.15) is 0 Å². The quantitative estimate of drug-likeness (QED) is 0.297. The molecule has 2 aromatic heterocycles. The third-order valence-corrected chi connectivity index (χ3v) is 5.83. The average molecular weight is 464 g/mol. The average Bonchev–Trinajstić information content (AvgIpc) is 3.27. The van der Waals surface area contributed by atoms with Crippen molar-refractivity contribution in [2.45, 2.75) is 10.9 Å². The summed E-state index contributed by atoms with van der Waals surface area (Å²) in [6.45, 7) is 0.860. The SMILES string of the molecule is COCCNC(=O)c1ccccc1CSc1nnc(-c2cccnc2)n1-c1ccccc1F. The van der Waals surface area contributed by atoms with E-state index in [1.54, 1.807) is 54.4 Å². The molecule has 9 heteroatoms. The molecule has 168 valence electrons. The summed E-state index contributed by atoms with van der Waals surface area (Å²) in [6.07, 6.45) is 3.33. The zero-order chi connectivity index (χ0) is 23.0. The van der Waals surface area contributed by atoms with Gasteiger partial charge in [0, 0.05) is 42.9 Å². The number of halogens is 1. The maximum atomic E-state index is 14.7. The van der Waals surface area contributed by atoms with Crippen molar-refractivity contribution in [3.8, 4) is 17.1 Å². The molecule has 1 N–H and O–H groups in total. The Hall–Kier alpha value is -3.56. The molecule has 33 heavy (non-hydrogen) atoms. The Balaban J connectivity index is 1.65. The zero-order valence-corrected chi connectivity index (χ0v) is 18.8. The van der Waals surface area contributed by atoms with Crippen LogP contribution in [0.5, 0.6) is 0 Å². The summed E-state index contributed by atoms with van der Waals surface area (Å²) < 4.78 is 21.4. The number of amides is 1. The number of para-hydroxylation sites is 1. The van der Waals surface area contributed by atoms with Crippen LogP contribution in [0.25, 0.3) is 17.1 Å². The smallest absolute Gasteiger partial charge is 0.251 e. The first-order chi connectivity index (χ1) is 16.2. The highest BCUT2D eigenvalue weighted by atomic mass is 32.2. The van der Waals surface area contributed by atoms with E-state index in [0.717, 1.165) is 11.1 Å². The number of pyridine rings is 1. The Morgan fingerprint density at radius 2 is 1.91 bits per heavy atom. The van der Waals surface area contributed by atoms with E-state index in [4.69, 9.17) is 4.74 Å². The Bertz CT molecular complexity index is 1230. The number of aromatic nitrogens is 4. The Labute approximate surface area is 195 Å². The number of benzene rings is 2. The molecule has 0 spiro atoms. The maximum absolute atomic E-state index is 14.7. The second-order valence-electron chi connectivity index (χ2n) is 7.03. The molecule has 2 heterocycles. The molecule has 4 rings (SSSR count). The van der Waals surface area contributed by atoms with Crippen molar-refractivity contribution in [3.05, 3.63) is 90.0 Å². The summed E-state index contributed by atoms with van der Waals surface area (Å²) in [6, 6.07) is 17.5. The molecular formula is C24H22FN5O2S. The molecule has 0 radical (unpaired) electrons. The molecule has 0 atom stereocenters. The summed E-state index contributed by atoms with van der Waals surface area (Å²) in [5.41, 5.74) is 2.47. The van der Waals surface area contributed by atoms with Crippen LogP contribution in [0.15, 0.2) is 78.2 Å². The summed E-state index contributed by atoms with van der Waals surface area (Å²) >= 11 is 1.38. The highest BCUT2D eigenvalue weighted by Crippen LogP contribution is 2.31. The summed E-state index contributed by atoms with van der Waals surface area (Å²) in [5, 5.41) is 12.0. The van der Waals surface area contributed by atoms with E-state index in [-0.39, 0.29) is 11.7 Å². The van der Waals surface area contributed by atoms with Gasteiger partial charge in [0.05, 0.1) is 12.3 Å². The van der Waals surface area contributed by atoms with Crippen molar-refractivity contribution in [2.24, 2.45) is 0 Å². The van der Waals surface area contributed by atoms with E-state index in [9.17, 15) is 9.18 Å². The van der Waals surface area contributed by atoms with Gasteiger partial charge in [-0.25, -0.2) is 4.39 Å². The number of carbonyl (C=O) groups excluding carboxylic acids is 1. The first-order valence-corrected chi connectivity index (χ1v) is 11.3. The van der Waals surface area contributed by atoms with Crippen LogP contribution >= 0.6 is 11.8 Å². The van der Waals surface area contributed by atoms with Crippen molar-refractivity contribution in [2.75, 3.05) is 20.3 Å². The molecule has 7 nitrogen and oxygen atoms in total. The van der Waals surface area contributed by atoms with Gasteiger partial charge in [-0.1, -0.05) is 42.1 Å². The predicted molar refractivity (Wildman–Crippen MR) is 125 cm³/mol. The molecule has 0 bridgehead atoms. The van der Waals surface area contributed by atoms with Crippen molar-refractivity contribution >= 4 is 17.7 Å². The topological polar surface area (TPSA) is 81.9 Å². The number of thioether (sulfide) groups is 1. The number of nitrogens with zero attached hydrogens (tertiary/aromatic N) is 4. The van der Waals surface area contributed by atoms with Gasteiger partial charge in [-0.15, -0.1) is 10.2 Å². The Morgan fingerprint density at radius 3 is 2.70 bits per heavy atom. The molecule has 0 saturated carbocycles. The van der Waals surface area contributed by atoms with E-state index >= 15 is 0 Å². The van der Waals surface area contributed by atoms with E-state index < -0.39 is 0 Å². The molecule has 0 aliphatic rings. The number of hydrogen-bond acceptors (Lipinski definition) is 6. The number of methoxy groups -OCH3 is 1. The van der Waals surface area contributed by atoms with Gasteiger partial charge >= 0.3 is 0 Å². The molecule has 0 saturated heterocycles. The van der Waals surface area contributed by atoms with Crippen LogP contribution in [-0.2, 0) is 10.5 Å². The second-order valence-corrected chi connectivity index (χ2v) is 7.97. The van der Waals surface area contributed by atoms with Gasteiger partial charge in [0.25, 0.3) is 5.91 Å². The Kier molecular flexibility index (Phi) is 7.43. The highest BCUT2D eigenvalue weighted by molar-refractivity contribution is 7.98. The van der Waals surface area contributed by atoms with E-state index in [0.29, 0.717) is 41.1 Å². The third-order valence-electron chi connectivity index (χ3n) is 4.86. The highest BCUT2D eigenvalue weighted by Gasteiger charge is 2.19. The summed E-state index contributed by atoms with van der Waals surface area (Å²) in [4.78, 5) is 16.8. The molecule has 0 unspecified atom stereocenters. The Morgan fingerprint density at radius 1 is 1.09 bits per heavy atom. The fourth-order valence-corrected chi connectivity index (χ4v) is 4.22. The molecule has 2 aromatic carbocycles. The molecular weight excluding hydrogens is 441 g/mol. The summed E-state index contributed by atoms with van der Waals surface area (Å²) in [7, 11) is 1.59. The first-order valence-electron chi connectivity index (χ1n) is 10.3. The van der Waals surface area contributed by atoms with E-state index in [1.807, 2.05) is 24.3 Å². The number of carbonyl (C=O) groups is 1. The molecule has 4 aromatic rings. The fourth-order valence-electron chi connectivity index (χ4n) is 3.27. The lowest BCUT2D eigenvalue weighted by Gasteiger charge is -2.12. The summed E-state index contributed by atoms with van der Waals surface area (Å²) in [5.74, 6) is 0.381. The largest absolute Gasteiger partial charge is 0.383 e. The molecule has 0 aliphatic heterocycles. The maximum Gasteiger partial charge on any atom is 0.251 e.